The maximum absolute atomic E-state index is 6.26. The van der Waals surface area contributed by atoms with Crippen LogP contribution in [0.5, 0.6) is 0 Å². The quantitative estimate of drug-likeness (QED) is 0.577. The summed E-state index contributed by atoms with van der Waals surface area (Å²) < 4.78 is 5.45. The van der Waals surface area contributed by atoms with E-state index in [1.807, 2.05) is 56.3 Å². The summed E-state index contributed by atoms with van der Waals surface area (Å²) in [6.07, 6.45) is 0. The summed E-state index contributed by atoms with van der Waals surface area (Å²) in [5, 5.41) is 7.22. The lowest BCUT2D eigenvalue weighted by Gasteiger charge is -2.27. The lowest BCUT2D eigenvalue weighted by Crippen LogP contribution is -2.37. The molecule has 2 heterocycles. The third-order valence-corrected chi connectivity index (χ3v) is 5.03. The Morgan fingerprint density at radius 2 is 1.57 bits per heavy atom. The number of aryl methyl sites for hydroxylation is 2. The van der Waals surface area contributed by atoms with Crippen molar-refractivity contribution in [2.24, 2.45) is 0 Å². The third kappa shape index (κ3) is 5.50. The number of aromatic nitrogens is 3. The van der Waals surface area contributed by atoms with Crippen molar-refractivity contribution in [3.05, 3.63) is 58.6 Å². The Bertz CT molecular complexity index is 1010. The number of nitrogens with zero attached hydrogens (tertiary/aromatic N) is 4. The molecule has 1 aliphatic heterocycles. The molecule has 0 spiro atoms. The van der Waals surface area contributed by atoms with Crippen LogP contribution in [0.1, 0.15) is 11.1 Å². The van der Waals surface area contributed by atoms with Gasteiger partial charge in [0.15, 0.2) is 0 Å². The molecule has 3 aromatic rings. The van der Waals surface area contributed by atoms with Gasteiger partial charge in [0.2, 0.25) is 17.8 Å². The zero-order valence-corrected chi connectivity index (χ0v) is 18.4. The van der Waals surface area contributed by atoms with Gasteiger partial charge in [-0.15, -0.1) is 12.4 Å². The van der Waals surface area contributed by atoms with Crippen molar-refractivity contribution in [2.45, 2.75) is 13.8 Å². The zero-order valence-electron chi connectivity index (χ0n) is 16.9. The number of anilines is 5. The first kappa shape index (κ1) is 22.1. The summed E-state index contributed by atoms with van der Waals surface area (Å²) in [4.78, 5) is 15.9. The Labute approximate surface area is 187 Å². The first-order valence-corrected chi connectivity index (χ1v) is 9.90. The van der Waals surface area contributed by atoms with Gasteiger partial charge in [-0.25, -0.2) is 0 Å². The summed E-state index contributed by atoms with van der Waals surface area (Å²) in [5.41, 5.74) is 3.92. The Hall–Kier alpha value is -2.61. The minimum atomic E-state index is 0. The first-order valence-electron chi connectivity index (χ1n) is 9.52. The van der Waals surface area contributed by atoms with Crippen LogP contribution in [0.4, 0.5) is 29.2 Å². The molecule has 30 heavy (non-hydrogen) atoms. The second-order valence-corrected chi connectivity index (χ2v) is 7.37. The van der Waals surface area contributed by atoms with E-state index in [9.17, 15) is 0 Å². The lowest BCUT2D eigenvalue weighted by molar-refractivity contribution is 0.122. The smallest absolute Gasteiger partial charge is 0.233 e. The molecule has 1 saturated heterocycles. The van der Waals surface area contributed by atoms with Crippen molar-refractivity contribution < 1.29 is 4.74 Å². The molecule has 9 heteroatoms. The van der Waals surface area contributed by atoms with Crippen LogP contribution in [0.2, 0.25) is 5.02 Å². The summed E-state index contributed by atoms with van der Waals surface area (Å²) in [6.45, 7) is 6.81. The molecule has 0 unspecified atom stereocenters. The predicted octanol–water partition coefficient (Wildman–Crippen LogP) is 4.89. The second-order valence-electron chi connectivity index (χ2n) is 6.97. The Balaban J connectivity index is 0.00000256. The van der Waals surface area contributed by atoms with E-state index in [1.165, 1.54) is 0 Å². The molecule has 0 saturated carbocycles. The fourth-order valence-corrected chi connectivity index (χ4v) is 3.21. The molecule has 0 atom stereocenters. The van der Waals surface area contributed by atoms with E-state index in [1.54, 1.807) is 0 Å². The molecular formula is C21H24Cl2N6O. The molecule has 1 aliphatic rings. The van der Waals surface area contributed by atoms with Gasteiger partial charge in [0.1, 0.15) is 0 Å². The van der Waals surface area contributed by atoms with Crippen LogP contribution in [0, 0.1) is 13.8 Å². The van der Waals surface area contributed by atoms with Gasteiger partial charge in [-0.05, 0) is 49.2 Å². The van der Waals surface area contributed by atoms with Gasteiger partial charge in [-0.2, -0.15) is 15.0 Å². The fourth-order valence-electron chi connectivity index (χ4n) is 3.03. The summed E-state index contributed by atoms with van der Waals surface area (Å²) in [7, 11) is 0. The lowest BCUT2D eigenvalue weighted by atomic mass is 10.2. The highest BCUT2D eigenvalue weighted by molar-refractivity contribution is 6.31. The number of rotatable bonds is 5. The number of hydrogen-bond acceptors (Lipinski definition) is 7. The zero-order chi connectivity index (χ0) is 20.2. The second kappa shape index (κ2) is 9.93. The largest absolute Gasteiger partial charge is 0.378 e. The van der Waals surface area contributed by atoms with Crippen molar-refractivity contribution in [1.82, 2.24) is 15.0 Å². The standard InChI is InChI=1S/C21H23ClN6O.ClH/c1-14-4-3-5-16(12-14)23-19-25-20(24-17-7-6-15(2)18(22)13-17)27-21(26-19)28-8-10-29-11-9-28;/h3-7,12-13H,8-11H2,1-2H3,(H2,23,24,25,26,27);1H. The SMILES string of the molecule is Cc1cccc(Nc2nc(Nc3ccc(C)c(Cl)c3)nc(N3CCOCC3)n2)c1.Cl. The molecule has 7 nitrogen and oxygen atoms in total. The average molecular weight is 447 g/mol. The summed E-state index contributed by atoms with van der Waals surface area (Å²) in [6, 6.07) is 13.8. The predicted molar refractivity (Wildman–Crippen MR) is 124 cm³/mol. The van der Waals surface area contributed by atoms with Gasteiger partial charge in [0.25, 0.3) is 0 Å². The van der Waals surface area contributed by atoms with E-state index in [0.29, 0.717) is 36.1 Å². The number of morpholine rings is 1. The van der Waals surface area contributed by atoms with Crippen LogP contribution in [0.25, 0.3) is 0 Å². The van der Waals surface area contributed by atoms with Crippen LogP contribution < -0.4 is 15.5 Å². The van der Waals surface area contributed by atoms with Gasteiger partial charge in [-0.1, -0.05) is 29.8 Å². The van der Waals surface area contributed by atoms with E-state index in [-0.39, 0.29) is 12.4 Å². The molecule has 4 rings (SSSR count). The molecule has 1 aromatic heterocycles. The number of ether oxygens (including phenoxy) is 1. The minimum absolute atomic E-state index is 0. The number of hydrogen-bond donors (Lipinski definition) is 2. The molecule has 0 amide bonds. The normalized spacial score (nSPS) is 13.5. The molecule has 158 valence electrons. The monoisotopic (exact) mass is 446 g/mol. The summed E-state index contributed by atoms with van der Waals surface area (Å²) >= 11 is 6.26. The number of halogens is 2. The van der Waals surface area contributed by atoms with E-state index in [0.717, 1.165) is 35.6 Å². The van der Waals surface area contributed by atoms with E-state index in [2.05, 4.69) is 30.5 Å². The van der Waals surface area contributed by atoms with Crippen molar-refractivity contribution in [2.75, 3.05) is 41.8 Å². The van der Waals surface area contributed by atoms with Crippen LogP contribution in [-0.4, -0.2) is 41.3 Å². The van der Waals surface area contributed by atoms with Gasteiger partial charge in [0, 0.05) is 29.5 Å². The topological polar surface area (TPSA) is 75.2 Å². The number of benzene rings is 2. The third-order valence-electron chi connectivity index (χ3n) is 4.62. The molecule has 0 aliphatic carbocycles. The summed E-state index contributed by atoms with van der Waals surface area (Å²) in [5.74, 6) is 1.54. The number of nitrogens with one attached hydrogen (secondary N) is 2. The maximum atomic E-state index is 6.26. The van der Waals surface area contributed by atoms with Gasteiger partial charge < -0.3 is 20.3 Å². The van der Waals surface area contributed by atoms with Crippen molar-refractivity contribution in [3.63, 3.8) is 0 Å². The molecule has 0 radical (unpaired) electrons. The Morgan fingerprint density at radius 3 is 2.20 bits per heavy atom. The Kier molecular flexibility index (Phi) is 7.31. The van der Waals surface area contributed by atoms with Crippen LogP contribution in [0.15, 0.2) is 42.5 Å². The van der Waals surface area contributed by atoms with E-state index < -0.39 is 0 Å². The highest BCUT2D eigenvalue weighted by atomic mass is 35.5. The molecule has 2 aromatic carbocycles. The highest BCUT2D eigenvalue weighted by Crippen LogP contribution is 2.24. The van der Waals surface area contributed by atoms with Crippen molar-refractivity contribution in [3.8, 4) is 0 Å². The molecule has 0 bridgehead atoms. The van der Waals surface area contributed by atoms with E-state index in [4.69, 9.17) is 16.3 Å². The van der Waals surface area contributed by atoms with Crippen LogP contribution >= 0.6 is 24.0 Å². The van der Waals surface area contributed by atoms with Crippen LogP contribution in [0.3, 0.4) is 0 Å². The van der Waals surface area contributed by atoms with E-state index >= 15 is 0 Å². The highest BCUT2D eigenvalue weighted by Gasteiger charge is 2.17. The van der Waals surface area contributed by atoms with Gasteiger partial charge >= 0.3 is 0 Å². The van der Waals surface area contributed by atoms with Crippen molar-refractivity contribution in [1.29, 1.82) is 0 Å². The fraction of sp³-hybridized carbons (Fsp3) is 0.286. The Morgan fingerprint density at radius 1 is 0.900 bits per heavy atom. The average Bonchev–Trinajstić information content (AvgIpc) is 2.71. The van der Waals surface area contributed by atoms with Gasteiger partial charge in [0.05, 0.1) is 13.2 Å². The molecule has 1 fully saturated rings. The minimum Gasteiger partial charge on any atom is -0.378 e. The van der Waals surface area contributed by atoms with Gasteiger partial charge in [-0.3, -0.25) is 0 Å². The maximum Gasteiger partial charge on any atom is 0.233 e. The van der Waals surface area contributed by atoms with Crippen molar-refractivity contribution >= 4 is 53.2 Å². The molecular weight excluding hydrogens is 423 g/mol. The van der Waals surface area contributed by atoms with Crippen LogP contribution in [-0.2, 0) is 4.74 Å². The molecule has 2 N–H and O–H groups in total. The first-order chi connectivity index (χ1) is 14.1.